The SMILES string of the molecule is Cn1ccnc1CCNC(=O)NC1CCC1. The molecule has 0 aliphatic heterocycles. The van der Waals surface area contributed by atoms with Gasteiger partial charge in [0.15, 0.2) is 0 Å². The highest BCUT2D eigenvalue weighted by Gasteiger charge is 2.18. The minimum absolute atomic E-state index is 0.0566. The fourth-order valence-electron chi connectivity index (χ4n) is 1.71. The lowest BCUT2D eigenvalue weighted by atomic mass is 9.93. The number of aryl methyl sites for hydroxylation is 1. The summed E-state index contributed by atoms with van der Waals surface area (Å²) in [5, 5.41) is 5.78. The second kappa shape index (κ2) is 5.01. The van der Waals surface area contributed by atoms with Crippen molar-refractivity contribution in [2.75, 3.05) is 6.54 Å². The molecule has 2 amide bonds. The van der Waals surface area contributed by atoms with Gasteiger partial charge in [-0.3, -0.25) is 0 Å². The molecule has 0 saturated heterocycles. The molecule has 0 bridgehead atoms. The lowest BCUT2D eigenvalue weighted by Crippen LogP contribution is -2.45. The quantitative estimate of drug-likeness (QED) is 0.792. The maximum absolute atomic E-state index is 11.4. The standard InChI is InChI=1S/C11H18N4O/c1-15-8-7-12-10(15)5-6-13-11(16)14-9-3-2-4-9/h7-9H,2-6H2,1H3,(H2,13,14,16). The summed E-state index contributed by atoms with van der Waals surface area (Å²) in [5.41, 5.74) is 0. The average molecular weight is 222 g/mol. The first-order chi connectivity index (χ1) is 7.75. The van der Waals surface area contributed by atoms with Crippen molar-refractivity contribution in [2.24, 2.45) is 7.05 Å². The van der Waals surface area contributed by atoms with Crippen molar-refractivity contribution in [3.05, 3.63) is 18.2 Å². The van der Waals surface area contributed by atoms with Gasteiger partial charge >= 0.3 is 6.03 Å². The van der Waals surface area contributed by atoms with E-state index in [0.29, 0.717) is 12.6 Å². The third-order valence-electron chi connectivity index (χ3n) is 3.00. The molecule has 0 unspecified atom stereocenters. The number of aromatic nitrogens is 2. The molecule has 88 valence electrons. The van der Waals surface area contributed by atoms with Gasteiger partial charge in [0.05, 0.1) is 0 Å². The highest BCUT2D eigenvalue weighted by molar-refractivity contribution is 5.74. The fraction of sp³-hybridized carbons (Fsp3) is 0.636. The highest BCUT2D eigenvalue weighted by atomic mass is 16.2. The summed E-state index contributed by atoms with van der Waals surface area (Å²) in [6.45, 7) is 0.628. The summed E-state index contributed by atoms with van der Waals surface area (Å²) in [6, 6.07) is 0.340. The summed E-state index contributed by atoms with van der Waals surface area (Å²) in [7, 11) is 1.96. The maximum Gasteiger partial charge on any atom is 0.315 e. The largest absolute Gasteiger partial charge is 0.338 e. The van der Waals surface area contributed by atoms with E-state index in [1.165, 1.54) is 6.42 Å². The number of imidazole rings is 1. The maximum atomic E-state index is 11.4. The van der Waals surface area contributed by atoms with Gasteiger partial charge in [-0.2, -0.15) is 0 Å². The number of nitrogens with one attached hydrogen (secondary N) is 2. The first-order valence-electron chi connectivity index (χ1n) is 5.76. The summed E-state index contributed by atoms with van der Waals surface area (Å²) in [6.07, 6.45) is 7.91. The van der Waals surface area contributed by atoms with Crippen LogP contribution in [0.2, 0.25) is 0 Å². The molecule has 0 radical (unpaired) electrons. The highest BCUT2D eigenvalue weighted by Crippen LogP contribution is 2.17. The van der Waals surface area contributed by atoms with Crippen molar-refractivity contribution < 1.29 is 4.79 Å². The zero-order valence-electron chi connectivity index (χ0n) is 9.57. The van der Waals surface area contributed by atoms with Crippen LogP contribution >= 0.6 is 0 Å². The Balaban J connectivity index is 1.63. The Bertz CT molecular complexity index is 357. The van der Waals surface area contributed by atoms with Crippen molar-refractivity contribution in [3.8, 4) is 0 Å². The van der Waals surface area contributed by atoms with E-state index >= 15 is 0 Å². The Hall–Kier alpha value is -1.52. The van der Waals surface area contributed by atoms with Gasteiger partial charge in [-0.1, -0.05) is 0 Å². The van der Waals surface area contributed by atoms with Gasteiger partial charge in [0.25, 0.3) is 0 Å². The molecule has 1 saturated carbocycles. The van der Waals surface area contributed by atoms with Crippen molar-refractivity contribution in [1.29, 1.82) is 0 Å². The van der Waals surface area contributed by atoms with Crippen LogP contribution in [0, 0.1) is 0 Å². The first-order valence-corrected chi connectivity index (χ1v) is 5.76. The summed E-state index contributed by atoms with van der Waals surface area (Å²) >= 11 is 0. The zero-order valence-corrected chi connectivity index (χ0v) is 9.57. The van der Waals surface area contributed by atoms with Crippen LogP contribution in [-0.4, -0.2) is 28.2 Å². The Morgan fingerprint density at radius 3 is 3.00 bits per heavy atom. The number of carbonyl (C=O) groups is 1. The van der Waals surface area contributed by atoms with Crippen LogP contribution in [0.1, 0.15) is 25.1 Å². The number of carbonyl (C=O) groups excluding carboxylic acids is 1. The monoisotopic (exact) mass is 222 g/mol. The molecule has 5 nitrogen and oxygen atoms in total. The molecule has 0 atom stereocenters. The number of nitrogens with zero attached hydrogens (tertiary/aromatic N) is 2. The van der Waals surface area contributed by atoms with Gasteiger partial charge < -0.3 is 15.2 Å². The van der Waals surface area contributed by atoms with Gasteiger partial charge in [-0.15, -0.1) is 0 Å². The minimum atomic E-state index is -0.0566. The number of amides is 2. The zero-order chi connectivity index (χ0) is 11.4. The number of hydrogen-bond donors (Lipinski definition) is 2. The molecular weight excluding hydrogens is 204 g/mol. The van der Waals surface area contributed by atoms with E-state index in [2.05, 4.69) is 15.6 Å². The third-order valence-corrected chi connectivity index (χ3v) is 3.00. The van der Waals surface area contributed by atoms with Crippen LogP contribution in [-0.2, 0) is 13.5 Å². The summed E-state index contributed by atoms with van der Waals surface area (Å²) in [4.78, 5) is 15.6. The van der Waals surface area contributed by atoms with Gasteiger partial charge in [0.2, 0.25) is 0 Å². The minimum Gasteiger partial charge on any atom is -0.338 e. The van der Waals surface area contributed by atoms with Crippen molar-refractivity contribution >= 4 is 6.03 Å². The fourth-order valence-corrected chi connectivity index (χ4v) is 1.71. The third kappa shape index (κ3) is 2.74. The van der Waals surface area contributed by atoms with Crippen LogP contribution in [0.5, 0.6) is 0 Å². The lowest BCUT2D eigenvalue weighted by molar-refractivity contribution is 0.228. The molecule has 1 aliphatic rings. The average Bonchev–Trinajstić information content (AvgIpc) is 2.59. The van der Waals surface area contributed by atoms with Crippen LogP contribution in [0.3, 0.4) is 0 Å². The second-order valence-corrected chi connectivity index (χ2v) is 4.23. The molecule has 1 fully saturated rings. The van der Waals surface area contributed by atoms with Gasteiger partial charge in [0, 0.05) is 38.4 Å². The molecule has 0 spiro atoms. The van der Waals surface area contributed by atoms with E-state index in [1.807, 2.05) is 17.8 Å². The van der Waals surface area contributed by atoms with Gasteiger partial charge in [-0.05, 0) is 19.3 Å². The summed E-state index contributed by atoms with van der Waals surface area (Å²) < 4.78 is 1.96. The Labute approximate surface area is 95.2 Å². The predicted octanol–water partition coefficient (Wildman–Crippen LogP) is 0.814. The lowest BCUT2D eigenvalue weighted by Gasteiger charge is -2.26. The Morgan fingerprint density at radius 1 is 1.62 bits per heavy atom. The van der Waals surface area contributed by atoms with E-state index in [1.54, 1.807) is 6.20 Å². The molecule has 16 heavy (non-hydrogen) atoms. The van der Waals surface area contributed by atoms with Gasteiger partial charge in [0.1, 0.15) is 5.82 Å². The van der Waals surface area contributed by atoms with E-state index in [0.717, 1.165) is 25.1 Å². The molecule has 2 N–H and O–H groups in total. The molecule has 0 aromatic carbocycles. The second-order valence-electron chi connectivity index (χ2n) is 4.23. The number of hydrogen-bond acceptors (Lipinski definition) is 2. The van der Waals surface area contributed by atoms with Crippen molar-refractivity contribution in [3.63, 3.8) is 0 Å². The van der Waals surface area contributed by atoms with E-state index in [-0.39, 0.29) is 6.03 Å². The van der Waals surface area contributed by atoms with Crippen LogP contribution in [0.25, 0.3) is 0 Å². The van der Waals surface area contributed by atoms with Crippen LogP contribution in [0.4, 0.5) is 4.79 Å². The Morgan fingerprint density at radius 2 is 2.44 bits per heavy atom. The molecule has 5 heteroatoms. The van der Waals surface area contributed by atoms with Crippen molar-refractivity contribution in [1.82, 2.24) is 20.2 Å². The smallest absolute Gasteiger partial charge is 0.315 e. The Kier molecular flexibility index (Phi) is 3.44. The van der Waals surface area contributed by atoms with Crippen LogP contribution in [0.15, 0.2) is 12.4 Å². The molecular formula is C11H18N4O. The first kappa shape index (κ1) is 11.0. The van der Waals surface area contributed by atoms with Crippen molar-refractivity contribution in [2.45, 2.75) is 31.7 Å². The molecule has 1 aromatic heterocycles. The predicted molar refractivity (Wildman–Crippen MR) is 61.1 cm³/mol. The summed E-state index contributed by atoms with van der Waals surface area (Å²) in [5.74, 6) is 0.990. The molecule has 2 rings (SSSR count). The molecule has 1 heterocycles. The topological polar surface area (TPSA) is 59.0 Å². The number of rotatable bonds is 4. The van der Waals surface area contributed by atoms with E-state index in [9.17, 15) is 4.79 Å². The van der Waals surface area contributed by atoms with E-state index in [4.69, 9.17) is 0 Å². The van der Waals surface area contributed by atoms with Gasteiger partial charge in [-0.25, -0.2) is 9.78 Å². The molecule has 1 aliphatic carbocycles. The number of urea groups is 1. The van der Waals surface area contributed by atoms with E-state index < -0.39 is 0 Å². The van der Waals surface area contributed by atoms with Crippen LogP contribution < -0.4 is 10.6 Å². The molecule has 1 aromatic rings. The normalized spacial score (nSPS) is 15.6.